The SMILES string of the molecule is CCC(NCc1ccccc1)c1ccccc1OCC(=O)NC. The molecule has 0 saturated heterocycles. The lowest BCUT2D eigenvalue weighted by Crippen LogP contribution is -2.26. The zero-order valence-corrected chi connectivity index (χ0v) is 13.7. The number of rotatable bonds is 8. The Bertz CT molecular complexity index is 614. The Morgan fingerprint density at radius 3 is 2.48 bits per heavy atom. The van der Waals surface area contributed by atoms with Gasteiger partial charge in [0.05, 0.1) is 0 Å². The Morgan fingerprint density at radius 2 is 1.78 bits per heavy atom. The van der Waals surface area contributed by atoms with E-state index in [1.807, 2.05) is 42.5 Å². The third-order valence-electron chi connectivity index (χ3n) is 3.74. The van der Waals surface area contributed by atoms with E-state index in [4.69, 9.17) is 4.74 Å². The number of para-hydroxylation sites is 1. The second kappa shape index (κ2) is 8.96. The van der Waals surface area contributed by atoms with Crippen molar-refractivity contribution in [2.45, 2.75) is 25.9 Å². The summed E-state index contributed by atoms with van der Waals surface area (Å²) < 4.78 is 5.67. The molecule has 0 aromatic heterocycles. The maximum atomic E-state index is 11.4. The molecular formula is C19H24N2O2. The first-order valence-electron chi connectivity index (χ1n) is 7.94. The van der Waals surface area contributed by atoms with Crippen LogP contribution in [0.15, 0.2) is 54.6 Å². The van der Waals surface area contributed by atoms with E-state index < -0.39 is 0 Å². The van der Waals surface area contributed by atoms with Gasteiger partial charge in [-0.25, -0.2) is 0 Å². The number of benzene rings is 2. The van der Waals surface area contributed by atoms with Crippen molar-refractivity contribution in [3.63, 3.8) is 0 Å². The molecule has 0 bridgehead atoms. The van der Waals surface area contributed by atoms with Crippen LogP contribution < -0.4 is 15.4 Å². The lowest BCUT2D eigenvalue weighted by atomic mass is 10.0. The average molecular weight is 312 g/mol. The Kier molecular flexibility index (Phi) is 6.63. The molecule has 2 rings (SSSR count). The van der Waals surface area contributed by atoms with Gasteiger partial charge in [0.25, 0.3) is 5.91 Å². The normalized spacial score (nSPS) is 11.7. The molecule has 23 heavy (non-hydrogen) atoms. The lowest BCUT2D eigenvalue weighted by Gasteiger charge is -2.20. The van der Waals surface area contributed by atoms with Crippen molar-refractivity contribution in [2.24, 2.45) is 0 Å². The Balaban J connectivity index is 2.06. The number of carbonyl (C=O) groups excluding carboxylic acids is 1. The molecule has 1 amide bonds. The number of likely N-dealkylation sites (N-methyl/N-ethyl adjacent to an activating group) is 1. The summed E-state index contributed by atoms with van der Waals surface area (Å²) in [6, 6.07) is 18.4. The van der Waals surface area contributed by atoms with E-state index in [2.05, 4.69) is 29.7 Å². The Labute approximate surface area is 137 Å². The second-order valence-electron chi connectivity index (χ2n) is 5.33. The van der Waals surface area contributed by atoms with Crippen LogP contribution in [0.3, 0.4) is 0 Å². The molecule has 122 valence electrons. The third-order valence-corrected chi connectivity index (χ3v) is 3.74. The monoisotopic (exact) mass is 312 g/mol. The number of amides is 1. The van der Waals surface area contributed by atoms with Crippen molar-refractivity contribution in [1.29, 1.82) is 0 Å². The smallest absolute Gasteiger partial charge is 0.257 e. The van der Waals surface area contributed by atoms with Gasteiger partial charge in [-0.1, -0.05) is 55.5 Å². The van der Waals surface area contributed by atoms with Crippen molar-refractivity contribution in [3.8, 4) is 5.75 Å². The van der Waals surface area contributed by atoms with Gasteiger partial charge in [-0.05, 0) is 18.1 Å². The summed E-state index contributed by atoms with van der Waals surface area (Å²) in [4.78, 5) is 11.4. The Morgan fingerprint density at radius 1 is 1.09 bits per heavy atom. The highest BCUT2D eigenvalue weighted by Crippen LogP contribution is 2.27. The number of ether oxygens (including phenoxy) is 1. The summed E-state index contributed by atoms with van der Waals surface area (Å²) in [7, 11) is 1.61. The van der Waals surface area contributed by atoms with Crippen LogP contribution in [0.25, 0.3) is 0 Å². The molecule has 4 nitrogen and oxygen atoms in total. The summed E-state index contributed by atoms with van der Waals surface area (Å²) in [5.74, 6) is 0.619. The molecule has 0 aliphatic rings. The first-order valence-corrected chi connectivity index (χ1v) is 7.94. The van der Waals surface area contributed by atoms with E-state index in [1.54, 1.807) is 7.05 Å². The molecule has 4 heteroatoms. The average Bonchev–Trinajstić information content (AvgIpc) is 2.62. The van der Waals surface area contributed by atoms with Gasteiger partial charge < -0.3 is 15.4 Å². The highest BCUT2D eigenvalue weighted by atomic mass is 16.5. The summed E-state index contributed by atoms with van der Waals surface area (Å²) in [6.45, 7) is 2.96. The maximum Gasteiger partial charge on any atom is 0.257 e. The second-order valence-corrected chi connectivity index (χ2v) is 5.33. The van der Waals surface area contributed by atoms with Gasteiger partial charge in [0, 0.05) is 25.2 Å². The van der Waals surface area contributed by atoms with Crippen LogP contribution in [0.1, 0.15) is 30.5 Å². The first-order chi connectivity index (χ1) is 11.2. The zero-order chi connectivity index (χ0) is 16.5. The van der Waals surface area contributed by atoms with Gasteiger partial charge in [-0.2, -0.15) is 0 Å². The van der Waals surface area contributed by atoms with Crippen molar-refractivity contribution in [3.05, 3.63) is 65.7 Å². The molecule has 1 atom stereocenters. The van der Waals surface area contributed by atoms with Crippen LogP contribution in [0, 0.1) is 0 Å². The highest BCUT2D eigenvalue weighted by Gasteiger charge is 2.14. The molecule has 0 saturated carbocycles. The van der Waals surface area contributed by atoms with E-state index >= 15 is 0 Å². The van der Waals surface area contributed by atoms with Crippen LogP contribution in [-0.2, 0) is 11.3 Å². The van der Waals surface area contributed by atoms with Crippen LogP contribution in [0.5, 0.6) is 5.75 Å². The molecule has 0 aliphatic carbocycles. The van der Waals surface area contributed by atoms with Crippen molar-refractivity contribution < 1.29 is 9.53 Å². The molecule has 0 radical (unpaired) electrons. The lowest BCUT2D eigenvalue weighted by molar-refractivity contribution is -0.122. The minimum Gasteiger partial charge on any atom is -0.483 e. The molecule has 2 aromatic rings. The quantitative estimate of drug-likeness (QED) is 0.787. The summed E-state index contributed by atoms with van der Waals surface area (Å²) >= 11 is 0. The van der Waals surface area contributed by atoms with Crippen molar-refractivity contribution >= 4 is 5.91 Å². The van der Waals surface area contributed by atoms with Crippen molar-refractivity contribution in [2.75, 3.05) is 13.7 Å². The molecule has 1 unspecified atom stereocenters. The van der Waals surface area contributed by atoms with Gasteiger partial charge in [0.2, 0.25) is 0 Å². The van der Waals surface area contributed by atoms with E-state index in [0.29, 0.717) is 0 Å². The van der Waals surface area contributed by atoms with Crippen molar-refractivity contribution in [1.82, 2.24) is 10.6 Å². The van der Waals surface area contributed by atoms with Crippen LogP contribution in [-0.4, -0.2) is 19.6 Å². The van der Waals surface area contributed by atoms with Crippen LogP contribution >= 0.6 is 0 Å². The minimum atomic E-state index is -0.134. The van der Waals surface area contributed by atoms with Gasteiger partial charge in [-0.3, -0.25) is 4.79 Å². The standard InChI is InChI=1S/C19H24N2O2/c1-3-17(21-13-15-9-5-4-6-10-15)16-11-7-8-12-18(16)23-14-19(22)20-2/h4-12,17,21H,3,13-14H2,1-2H3,(H,20,22). The van der Waals surface area contributed by atoms with E-state index in [9.17, 15) is 4.79 Å². The third kappa shape index (κ3) is 5.11. The molecular weight excluding hydrogens is 288 g/mol. The van der Waals surface area contributed by atoms with E-state index in [1.165, 1.54) is 5.56 Å². The Hall–Kier alpha value is -2.33. The minimum absolute atomic E-state index is 0.0304. The molecule has 0 fully saturated rings. The number of carbonyl (C=O) groups is 1. The molecule has 0 aliphatic heterocycles. The van der Waals surface area contributed by atoms with Crippen LogP contribution in [0.2, 0.25) is 0 Å². The number of hydrogen-bond acceptors (Lipinski definition) is 3. The van der Waals surface area contributed by atoms with Gasteiger partial charge in [0.15, 0.2) is 6.61 Å². The summed E-state index contributed by atoms with van der Waals surface area (Å²) in [5.41, 5.74) is 2.32. The fourth-order valence-electron chi connectivity index (χ4n) is 2.43. The fourth-order valence-corrected chi connectivity index (χ4v) is 2.43. The van der Waals surface area contributed by atoms with Gasteiger partial charge in [0.1, 0.15) is 5.75 Å². The predicted octanol–water partition coefficient (Wildman–Crippen LogP) is 3.05. The topological polar surface area (TPSA) is 50.4 Å². The molecule has 2 N–H and O–H groups in total. The van der Waals surface area contributed by atoms with Crippen LogP contribution in [0.4, 0.5) is 0 Å². The fraction of sp³-hybridized carbons (Fsp3) is 0.316. The molecule has 0 heterocycles. The molecule has 2 aromatic carbocycles. The summed E-state index contributed by atoms with van der Waals surface area (Å²) in [6.07, 6.45) is 0.938. The largest absolute Gasteiger partial charge is 0.483 e. The predicted molar refractivity (Wildman–Crippen MR) is 92.3 cm³/mol. The van der Waals surface area contributed by atoms with E-state index in [0.717, 1.165) is 24.3 Å². The van der Waals surface area contributed by atoms with Gasteiger partial charge >= 0.3 is 0 Å². The highest BCUT2D eigenvalue weighted by molar-refractivity contribution is 5.77. The number of hydrogen-bond donors (Lipinski definition) is 2. The maximum absolute atomic E-state index is 11.4. The first kappa shape index (κ1) is 17.0. The number of nitrogens with one attached hydrogen (secondary N) is 2. The van der Waals surface area contributed by atoms with E-state index in [-0.39, 0.29) is 18.6 Å². The molecule has 0 spiro atoms. The summed E-state index contributed by atoms with van der Waals surface area (Å²) in [5, 5.41) is 6.13. The zero-order valence-electron chi connectivity index (χ0n) is 13.7. The van der Waals surface area contributed by atoms with Gasteiger partial charge in [-0.15, -0.1) is 0 Å².